The largest absolute Gasteiger partial charge is 0.497 e. The summed E-state index contributed by atoms with van der Waals surface area (Å²) in [4.78, 5) is 9.81. The third-order valence-corrected chi connectivity index (χ3v) is 3.43. The van der Waals surface area contributed by atoms with Gasteiger partial charge in [0.15, 0.2) is 0 Å². The Hall–Kier alpha value is -1.75. The van der Waals surface area contributed by atoms with E-state index < -0.39 is 0 Å². The molecule has 1 aromatic heterocycles. The topological polar surface area (TPSA) is 61.0 Å². The lowest BCUT2D eigenvalue weighted by Crippen LogP contribution is -2.02. The molecule has 2 aromatic rings. The van der Waals surface area contributed by atoms with Crippen LogP contribution >= 0.6 is 11.8 Å². The molecule has 0 amide bonds. The number of nitrogen functional groups attached to an aromatic ring is 1. The lowest BCUT2D eigenvalue weighted by atomic mass is 10.2. The molecule has 0 radical (unpaired) electrons. The van der Waals surface area contributed by atoms with Crippen LogP contribution in [-0.4, -0.2) is 17.1 Å². The summed E-state index contributed by atoms with van der Waals surface area (Å²) in [7, 11) is 1.66. The van der Waals surface area contributed by atoms with Crippen LogP contribution in [0.2, 0.25) is 0 Å². The highest BCUT2D eigenvalue weighted by atomic mass is 32.2. The molecule has 0 fully saturated rings. The van der Waals surface area contributed by atoms with Gasteiger partial charge in [-0.15, -0.1) is 0 Å². The molecular weight excluding hydrogens is 258 g/mol. The predicted octanol–water partition coefficient (Wildman–Crippen LogP) is 3.34. The SMILES string of the molecule is COc1cccc(Sc2cc(N)nc(C(C)C)n2)c1. The molecule has 5 heteroatoms. The second kappa shape index (κ2) is 5.93. The van der Waals surface area contributed by atoms with Crippen molar-refractivity contribution in [2.24, 2.45) is 0 Å². The molecule has 1 aromatic carbocycles. The molecule has 100 valence electrons. The van der Waals surface area contributed by atoms with Gasteiger partial charge in [0.1, 0.15) is 22.4 Å². The van der Waals surface area contributed by atoms with Crippen LogP contribution in [0.25, 0.3) is 0 Å². The zero-order chi connectivity index (χ0) is 13.8. The summed E-state index contributed by atoms with van der Waals surface area (Å²) in [5.41, 5.74) is 5.82. The van der Waals surface area contributed by atoms with Gasteiger partial charge in [-0.2, -0.15) is 0 Å². The Morgan fingerprint density at radius 2 is 2.00 bits per heavy atom. The summed E-state index contributed by atoms with van der Waals surface area (Å²) in [6.07, 6.45) is 0. The Bertz CT molecular complexity index is 572. The van der Waals surface area contributed by atoms with Crippen molar-refractivity contribution >= 4 is 17.6 Å². The van der Waals surface area contributed by atoms with E-state index in [0.717, 1.165) is 21.5 Å². The first-order chi connectivity index (χ1) is 9.08. The second-order valence-electron chi connectivity index (χ2n) is 4.42. The summed E-state index contributed by atoms with van der Waals surface area (Å²) in [5.74, 6) is 2.36. The molecule has 19 heavy (non-hydrogen) atoms. The Labute approximate surface area is 117 Å². The number of hydrogen-bond acceptors (Lipinski definition) is 5. The van der Waals surface area contributed by atoms with Crippen LogP contribution in [0.4, 0.5) is 5.82 Å². The molecule has 0 bridgehead atoms. The van der Waals surface area contributed by atoms with Crippen LogP contribution in [0.5, 0.6) is 5.75 Å². The minimum atomic E-state index is 0.258. The molecule has 0 aliphatic rings. The standard InChI is InChI=1S/C14H17N3OS/c1-9(2)14-16-12(15)8-13(17-14)19-11-6-4-5-10(7-11)18-3/h4-9H,1-3H3,(H2,15,16,17). The van der Waals surface area contributed by atoms with E-state index in [9.17, 15) is 0 Å². The maximum absolute atomic E-state index is 5.82. The Kier molecular flexibility index (Phi) is 4.27. The van der Waals surface area contributed by atoms with E-state index in [2.05, 4.69) is 23.8 Å². The molecule has 1 heterocycles. The van der Waals surface area contributed by atoms with Gasteiger partial charge >= 0.3 is 0 Å². The van der Waals surface area contributed by atoms with Gasteiger partial charge in [0.2, 0.25) is 0 Å². The van der Waals surface area contributed by atoms with Gasteiger partial charge in [0.25, 0.3) is 0 Å². The van der Waals surface area contributed by atoms with Crippen LogP contribution in [0, 0.1) is 0 Å². The van der Waals surface area contributed by atoms with Crippen molar-refractivity contribution in [3.63, 3.8) is 0 Å². The number of ether oxygens (including phenoxy) is 1. The third-order valence-electron chi connectivity index (χ3n) is 2.52. The first-order valence-electron chi connectivity index (χ1n) is 6.05. The minimum absolute atomic E-state index is 0.258. The fourth-order valence-corrected chi connectivity index (χ4v) is 2.44. The highest BCUT2D eigenvalue weighted by Crippen LogP contribution is 2.30. The van der Waals surface area contributed by atoms with E-state index in [1.807, 2.05) is 24.3 Å². The normalized spacial score (nSPS) is 10.7. The maximum atomic E-state index is 5.82. The lowest BCUT2D eigenvalue weighted by molar-refractivity contribution is 0.413. The zero-order valence-corrected chi connectivity index (χ0v) is 12.1. The average molecular weight is 275 g/mol. The zero-order valence-electron chi connectivity index (χ0n) is 11.3. The molecular formula is C14H17N3OS. The Balaban J connectivity index is 2.27. The fraction of sp³-hybridized carbons (Fsp3) is 0.286. The molecule has 2 N–H and O–H groups in total. The first kappa shape index (κ1) is 13.7. The fourth-order valence-electron chi connectivity index (χ4n) is 1.56. The summed E-state index contributed by atoms with van der Waals surface area (Å²) < 4.78 is 5.21. The van der Waals surface area contributed by atoms with E-state index in [1.54, 1.807) is 24.9 Å². The van der Waals surface area contributed by atoms with Crippen LogP contribution < -0.4 is 10.5 Å². The predicted molar refractivity (Wildman–Crippen MR) is 77.7 cm³/mol. The van der Waals surface area contributed by atoms with Crippen molar-refractivity contribution in [1.29, 1.82) is 0 Å². The van der Waals surface area contributed by atoms with Gasteiger partial charge in [-0.3, -0.25) is 0 Å². The molecule has 0 atom stereocenters. The van der Waals surface area contributed by atoms with Gasteiger partial charge in [-0.1, -0.05) is 31.7 Å². The highest BCUT2D eigenvalue weighted by Gasteiger charge is 2.08. The quantitative estimate of drug-likeness (QED) is 0.867. The smallest absolute Gasteiger partial charge is 0.134 e. The summed E-state index contributed by atoms with van der Waals surface area (Å²) in [5, 5.41) is 0.851. The van der Waals surface area contributed by atoms with Crippen molar-refractivity contribution in [3.8, 4) is 5.75 Å². The van der Waals surface area contributed by atoms with Gasteiger partial charge in [0, 0.05) is 16.9 Å². The van der Waals surface area contributed by atoms with Crippen molar-refractivity contribution in [2.75, 3.05) is 12.8 Å². The molecule has 2 rings (SSSR count). The monoisotopic (exact) mass is 275 g/mol. The molecule has 4 nitrogen and oxygen atoms in total. The molecule has 0 spiro atoms. The third kappa shape index (κ3) is 3.61. The summed E-state index contributed by atoms with van der Waals surface area (Å²) >= 11 is 1.55. The lowest BCUT2D eigenvalue weighted by Gasteiger charge is -2.08. The van der Waals surface area contributed by atoms with E-state index >= 15 is 0 Å². The van der Waals surface area contributed by atoms with E-state index in [1.165, 1.54) is 0 Å². The number of nitrogens with two attached hydrogens (primary N) is 1. The van der Waals surface area contributed by atoms with Crippen molar-refractivity contribution < 1.29 is 4.74 Å². The number of rotatable bonds is 4. The van der Waals surface area contributed by atoms with Crippen molar-refractivity contribution in [3.05, 3.63) is 36.2 Å². The Morgan fingerprint density at radius 1 is 1.21 bits per heavy atom. The summed E-state index contributed by atoms with van der Waals surface area (Å²) in [6, 6.07) is 9.64. The molecule has 0 saturated heterocycles. The first-order valence-corrected chi connectivity index (χ1v) is 6.86. The summed E-state index contributed by atoms with van der Waals surface area (Å²) in [6.45, 7) is 4.10. The van der Waals surface area contributed by atoms with Crippen LogP contribution in [0.3, 0.4) is 0 Å². The van der Waals surface area contributed by atoms with Crippen molar-refractivity contribution in [1.82, 2.24) is 9.97 Å². The number of methoxy groups -OCH3 is 1. The van der Waals surface area contributed by atoms with E-state index in [4.69, 9.17) is 10.5 Å². The van der Waals surface area contributed by atoms with Gasteiger partial charge in [0.05, 0.1) is 7.11 Å². The number of anilines is 1. The molecule has 0 saturated carbocycles. The number of benzene rings is 1. The van der Waals surface area contributed by atoms with Crippen molar-refractivity contribution in [2.45, 2.75) is 29.7 Å². The van der Waals surface area contributed by atoms with Crippen LogP contribution in [0.1, 0.15) is 25.6 Å². The van der Waals surface area contributed by atoms with E-state index in [0.29, 0.717) is 5.82 Å². The Morgan fingerprint density at radius 3 is 2.68 bits per heavy atom. The van der Waals surface area contributed by atoms with Gasteiger partial charge in [-0.25, -0.2) is 9.97 Å². The number of hydrogen-bond donors (Lipinski definition) is 1. The molecule has 0 aliphatic carbocycles. The number of nitrogens with zero attached hydrogens (tertiary/aromatic N) is 2. The molecule has 0 unspecified atom stereocenters. The van der Waals surface area contributed by atoms with E-state index in [-0.39, 0.29) is 5.92 Å². The highest BCUT2D eigenvalue weighted by molar-refractivity contribution is 7.99. The average Bonchev–Trinajstić information content (AvgIpc) is 2.38. The number of aromatic nitrogens is 2. The minimum Gasteiger partial charge on any atom is -0.497 e. The van der Waals surface area contributed by atoms with Crippen LogP contribution in [0.15, 0.2) is 40.3 Å². The van der Waals surface area contributed by atoms with Gasteiger partial charge < -0.3 is 10.5 Å². The maximum Gasteiger partial charge on any atom is 0.134 e. The van der Waals surface area contributed by atoms with Crippen LogP contribution in [-0.2, 0) is 0 Å². The van der Waals surface area contributed by atoms with Gasteiger partial charge in [-0.05, 0) is 18.2 Å². The molecule has 0 aliphatic heterocycles. The second-order valence-corrected chi connectivity index (χ2v) is 5.52.